The van der Waals surface area contributed by atoms with Crippen LogP contribution >= 0.6 is 11.3 Å². The molecule has 1 aromatic carbocycles. The Labute approximate surface area is 126 Å². The van der Waals surface area contributed by atoms with E-state index >= 15 is 0 Å². The molecule has 2 heterocycles. The Morgan fingerprint density at radius 2 is 2.29 bits per heavy atom. The number of thiazole rings is 1. The first-order valence-corrected chi connectivity index (χ1v) is 7.65. The second-order valence-corrected chi connectivity index (χ2v) is 5.91. The zero-order valence-electron chi connectivity index (χ0n) is 11.4. The van der Waals surface area contributed by atoms with E-state index in [9.17, 15) is 9.59 Å². The van der Waals surface area contributed by atoms with Crippen molar-refractivity contribution in [3.63, 3.8) is 0 Å². The van der Waals surface area contributed by atoms with Gasteiger partial charge in [-0.2, -0.15) is 0 Å². The number of nitrogens with two attached hydrogens (primary N) is 1. The van der Waals surface area contributed by atoms with Gasteiger partial charge in [-0.15, -0.1) is 11.3 Å². The van der Waals surface area contributed by atoms with Gasteiger partial charge in [0.05, 0.1) is 12.1 Å². The molecule has 0 spiro atoms. The molecule has 0 aliphatic carbocycles. The maximum absolute atomic E-state index is 11.8. The quantitative estimate of drug-likeness (QED) is 0.938. The lowest BCUT2D eigenvalue weighted by molar-refractivity contribution is -0.118. The number of hydrogen-bond acceptors (Lipinski definition) is 4. The van der Waals surface area contributed by atoms with Crippen LogP contribution in [0, 0.1) is 0 Å². The molecule has 1 saturated heterocycles. The summed E-state index contributed by atoms with van der Waals surface area (Å²) in [5.41, 5.74) is 7.83. The monoisotopic (exact) mass is 301 g/mol. The molecule has 2 aromatic rings. The van der Waals surface area contributed by atoms with Crippen molar-refractivity contribution in [3.05, 3.63) is 34.7 Å². The molecule has 2 amide bonds. The summed E-state index contributed by atoms with van der Waals surface area (Å²) < 4.78 is 0. The van der Waals surface area contributed by atoms with Crippen molar-refractivity contribution >= 4 is 28.8 Å². The lowest BCUT2D eigenvalue weighted by Gasteiger charge is -2.16. The third-order valence-electron chi connectivity index (χ3n) is 3.40. The van der Waals surface area contributed by atoms with Crippen LogP contribution in [-0.4, -0.2) is 23.3 Å². The number of amides is 2. The van der Waals surface area contributed by atoms with Crippen LogP contribution in [0.5, 0.6) is 0 Å². The standard InChI is InChI=1S/C15H15N3O2S/c16-13(19)8-14-17-12(9-21-14)10-3-1-4-11(7-10)18-6-2-5-15(18)20/h1,3-4,7,9H,2,5-6,8H2,(H2,16,19). The van der Waals surface area contributed by atoms with Crippen LogP contribution in [0.4, 0.5) is 5.69 Å². The molecule has 1 aliphatic heterocycles. The molecule has 6 heteroatoms. The normalized spacial score (nSPS) is 14.7. The molecule has 0 bridgehead atoms. The second-order valence-electron chi connectivity index (χ2n) is 4.97. The van der Waals surface area contributed by atoms with E-state index in [1.807, 2.05) is 29.6 Å². The number of carbonyl (C=O) groups is 2. The largest absolute Gasteiger partial charge is 0.369 e. The minimum Gasteiger partial charge on any atom is -0.369 e. The smallest absolute Gasteiger partial charge is 0.227 e. The van der Waals surface area contributed by atoms with E-state index in [1.165, 1.54) is 11.3 Å². The molecule has 2 N–H and O–H groups in total. The lowest BCUT2D eigenvalue weighted by atomic mass is 10.1. The van der Waals surface area contributed by atoms with E-state index in [4.69, 9.17) is 5.73 Å². The highest BCUT2D eigenvalue weighted by Gasteiger charge is 2.21. The van der Waals surface area contributed by atoms with Crippen LogP contribution in [-0.2, 0) is 16.0 Å². The first-order valence-electron chi connectivity index (χ1n) is 6.77. The Hall–Kier alpha value is -2.21. The van der Waals surface area contributed by atoms with Crippen molar-refractivity contribution in [3.8, 4) is 11.3 Å². The molecule has 21 heavy (non-hydrogen) atoms. The summed E-state index contributed by atoms with van der Waals surface area (Å²) in [5.74, 6) is -0.216. The predicted octanol–water partition coefficient (Wildman–Crippen LogP) is 1.96. The Kier molecular flexibility index (Phi) is 3.70. The molecule has 1 fully saturated rings. The average Bonchev–Trinajstić information content (AvgIpc) is 3.07. The van der Waals surface area contributed by atoms with Gasteiger partial charge in [0.2, 0.25) is 11.8 Å². The van der Waals surface area contributed by atoms with Gasteiger partial charge in [0, 0.05) is 29.6 Å². The first kappa shape index (κ1) is 13.8. The van der Waals surface area contributed by atoms with Gasteiger partial charge in [-0.1, -0.05) is 12.1 Å². The Morgan fingerprint density at radius 3 is 3.00 bits per heavy atom. The van der Waals surface area contributed by atoms with E-state index < -0.39 is 0 Å². The van der Waals surface area contributed by atoms with E-state index in [-0.39, 0.29) is 18.2 Å². The van der Waals surface area contributed by atoms with Gasteiger partial charge >= 0.3 is 0 Å². The maximum Gasteiger partial charge on any atom is 0.227 e. The molecule has 0 radical (unpaired) electrons. The Bertz CT molecular complexity index is 696. The number of aromatic nitrogens is 1. The number of benzene rings is 1. The Morgan fingerprint density at radius 1 is 1.43 bits per heavy atom. The van der Waals surface area contributed by atoms with Crippen molar-refractivity contribution in [2.45, 2.75) is 19.3 Å². The third-order valence-corrected chi connectivity index (χ3v) is 4.25. The summed E-state index contributed by atoms with van der Waals surface area (Å²) in [4.78, 5) is 29.0. The van der Waals surface area contributed by atoms with Crippen LogP contribution in [0.1, 0.15) is 17.8 Å². The molecule has 108 valence electrons. The zero-order chi connectivity index (χ0) is 14.8. The van der Waals surface area contributed by atoms with Crippen molar-refractivity contribution in [2.24, 2.45) is 5.73 Å². The summed E-state index contributed by atoms with van der Waals surface area (Å²) >= 11 is 1.42. The minimum absolute atomic E-state index is 0.162. The van der Waals surface area contributed by atoms with Gasteiger partial charge in [0.1, 0.15) is 5.01 Å². The van der Waals surface area contributed by atoms with Gasteiger partial charge < -0.3 is 10.6 Å². The van der Waals surface area contributed by atoms with Crippen LogP contribution in [0.15, 0.2) is 29.6 Å². The molecular formula is C15H15N3O2S. The van der Waals surface area contributed by atoms with E-state index in [0.29, 0.717) is 11.4 Å². The number of anilines is 1. The molecule has 3 rings (SSSR count). The first-order chi connectivity index (χ1) is 10.1. The van der Waals surface area contributed by atoms with Gasteiger partial charge in [0.15, 0.2) is 0 Å². The average molecular weight is 301 g/mol. The van der Waals surface area contributed by atoms with Gasteiger partial charge in [0.25, 0.3) is 0 Å². The second kappa shape index (κ2) is 5.65. The summed E-state index contributed by atoms with van der Waals surface area (Å²) in [6.07, 6.45) is 1.68. The van der Waals surface area contributed by atoms with Crippen molar-refractivity contribution in [2.75, 3.05) is 11.4 Å². The highest BCUT2D eigenvalue weighted by atomic mass is 32.1. The number of carbonyl (C=O) groups excluding carboxylic acids is 2. The number of hydrogen-bond donors (Lipinski definition) is 1. The molecule has 1 aromatic heterocycles. The number of nitrogens with zero attached hydrogens (tertiary/aromatic N) is 2. The molecular weight excluding hydrogens is 286 g/mol. The molecule has 1 aliphatic rings. The van der Waals surface area contributed by atoms with Gasteiger partial charge in [-0.3, -0.25) is 9.59 Å². The fraction of sp³-hybridized carbons (Fsp3) is 0.267. The van der Waals surface area contributed by atoms with Crippen LogP contribution in [0.3, 0.4) is 0 Å². The molecule has 0 saturated carbocycles. The summed E-state index contributed by atoms with van der Waals surface area (Å²) in [6.45, 7) is 0.770. The number of primary amides is 1. The van der Waals surface area contributed by atoms with E-state index in [0.717, 1.165) is 29.9 Å². The van der Waals surface area contributed by atoms with Crippen LogP contribution in [0.2, 0.25) is 0 Å². The Balaban J connectivity index is 1.87. The topological polar surface area (TPSA) is 76.3 Å². The lowest BCUT2D eigenvalue weighted by Crippen LogP contribution is -2.23. The summed E-state index contributed by atoms with van der Waals surface area (Å²) in [7, 11) is 0. The van der Waals surface area contributed by atoms with Crippen LogP contribution in [0.25, 0.3) is 11.3 Å². The molecule has 0 unspecified atom stereocenters. The van der Waals surface area contributed by atoms with Gasteiger partial charge in [-0.05, 0) is 18.6 Å². The van der Waals surface area contributed by atoms with Crippen LogP contribution < -0.4 is 10.6 Å². The minimum atomic E-state index is -0.382. The number of rotatable bonds is 4. The summed E-state index contributed by atoms with van der Waals surface area (Å²) in [6, 6.07) is 7.77. The molecule has 5 nitrogen and oxygen atoms in total. The van der Waals surface area contributed by atoms with Gasteiger partial charge in [-0.25, -0.2) is 4.98 Å². The fourth-order valence-corrected chi connectivity index (χ4v) is 3.24. The maximum atomic E-state index is 11.8. The van der Waals surface area contributed by atoms with Crippen molar-refractivity contribution < 1.29 is 9.59 Å². The van der Waals surface area contributed by atoms with E-state index in [1.54, 1.807) is 4.90 Å². The highest BCUT2D eigenvalue weighted by molar-refractivity contribution is 7.10. The zero-order valence-corrected chi connectivity index (χ0v) is 12.2. The predicted molar refractivity (Wildman–Crippen MR) is 82.0 cm³/mol. The van der Waals surface area contributed by atoms with Crippen molar-refractivity contribution in [1.29, 1.82) is 0 Å². The third kappa shape index (κ3) is 2.95. The van der Waals surface area contributed by atoms with Crippen molar-refractivity contribution in [1.82, 2.24) is 4.98 Å². The summed E-state index contributed by atoms with van der Waals surface area (Å²) in [5, 5.41) is 2.61. The van der Waals surface area contributed by atoms with E-state index in [2.05, 4.69) is 4.98 Å². The fourth-order valence-electron chi connectivity index (χ4n) is 2.43. The highest BCUT2D eigenvalue weighted by Crippen LogP contribution is 2.28. The molecule has 0 atom stereocenters. The SMILES string of the molecule is NC(=O)Cc1nc(-c2cccc(N3CCCC3=O)c2)cs1.